The molecule has 3 aromatic rings. The van der Waals surface area contributed by atoms with Crippen LogP contribution >= 0.6 is 23.1 Å². The molecule has 0 bridgehead atoms. The number of hydrogen-bond donors (Lipinski definition) is 2. The van der Waals surface area contributed by atoms with Gasteiger partial charge in [-0.05, 0) is 74.4 Å². The fraction of sp³-hybridized carbons (Fsp3) is 0.367. The second-order valence-electron chi connectivity index (χ2n) is 10.5. The molecule has 0 saturated heterocycles. The van der Waals surface area contributed by atoms with Crippen molar-refractivity contribution in [2.24, 2.45) is 10.9 Å². The zero-order valence-electron chi connectivity index (χ0n) is 23.2. The molecular weight excluding hydrogens is 555 g/mol. The largest absolute Gasteiger partial charge is 0.305 e. The lowest BCUT2D eigenvalue weighted by molar-refractivity contribution is -0.119. The third-order valence-electron chi connectivity index (χ3n) is 7.10. The van der Waals surface area contributed by atoms with Crippen LogP contribution < -0.4 is 10.6 Å². The molecule has 0 spiro atoms. The lowest BCUT2D eigenvalue weighted by Crippen LogP contribution is -2.35. The van der Waals surface area contributed by atoms with Crippen molar-refractivity contribution in [2.75, 3.05) is 12.4 Å². The van der Waals surface area contributed by atoms with Crippen LogP contribution in [-0.2, 0) is 22.4 Å². The summed E-state index contributed by atoms with van der Waals surface area (Å²) >= 11 is 2.97. The molecule has 2 unspecified atom stereocenters. The normalized spacial score (nSPS) is 17.0. The van der Waals surface area contributed by atoms with Gasteiger partial charge in [-0.3, -0.25) is 14.6 Å². The fourth-order valence-electron chi connectivity index (χ4n) is 4.95. The quantitative estimate of drug-likeness (QED) is 0.273. The van der Waals surface area contributed by atoms with Crippen LogP contribution in [0.3, 0.4) is 0 Å². The number of carbonyl (C=O) groups excluding carboxylic acids is 2. The van der Waals surface area contributed by atoms with Crippen molar-refractivity contribution in [1.29, 1.82) is 10.5 Å². The Morgan fingerprint density at radius 1 is 1.02 bits per heavy atom. The standard InChI is InChI=1S/C30H31N7O2S2/c1-30(2,41-28(33-3)34-25(38)14-19-6-4-8-21(12-19)17-31)24-11-10-23(16-24)27-36-37-29(40-27)35-26(39)15-20-7-5-9-22(13-20)18-32/h4-9,12-13,23-24H,10-11,14-16H2,1-3H3,(H,33,34,38)(H,35,37,39). The zero-order valence-corrected chi connectivity index (χ0v) is 24.8. The molecule has 2 amide bonds. The topological polar surface area (TPSA) is 144 Å². The molecule has 41 heavy (non-hydrogen) atoms. The molecule has 2 N–H and O–H groups in total. The predicted octanol–water partition coefficient (Wildman–Crippen LogP) is 5.20. The number of amides is 2. The Morgan fingerprint density at radius 2 is 1.66 bits per heavy atom. The minimum absolute atomic E-state index is 0.158. The predicted molar refractivity (Wildman–Crippen MR) is 162 cm³/mol. The summed E-state index contributed by atoms with van der Waals surface area (Å²) in [6, 6.07) is 18.2. The summed E-state index contributed by atoms with van der Waals surface area (Å²) in [6.07, 6.45) is 3.23. The highest BCUT2D eigenvalue weighted by Crippen LogP contribution is 2.48. The third-order valence-corrected chi connectivity index (χ3v) is 9.44. The van der Waals surface area contributed by atoms with Gasteiger partial charge in [0.25, 0.3) is 0 Å². The van der Waals surface area contributed by atoms with Gasteiger partial charge in [0, 0.05) is 17.7 Å². The maximum absolute atomic E-state index is 12.7. The Kier molecular flexibility index (Phi) is 9.87. The SMILES string of the molecule is CN=C(NC(=O)Cc1cccc(C#N)c1)SC(C)(C)C1CCC(c2nnc(NC(=O)Cc3cccc(C#N)c3)s2)C1. The van der Waals surface area contributed by atoms with Gasteiger partial charge in [0.15, 0.2) is 5.17 Å². The number of aromatic nitrogens is 2. The highest BCUT2D eigenvalue weighted by molar-refractivity contribution is 8.15. The van der Waals surface area contributed by atoms with Crippen LogP contribution in [0, 0.1) is 28.6 Å². The van der Waals surface area contributed by atoms with Crippen molar-refractivity contribution in [3.8, 4) is 12.1 Å². The van der Waals surface area contributed by atoms with E-state index in [1.54, 1.807) is 55.2 Å². The molecule has 1 aromatic heterocycles. The van der Waals surface area contributed by atoms with E-state index in [0.717, 1.165) is 35.4 Å². The number of hydrogen-bond acceptors (Lipinski definition) is 9. The van der Waals surface area contributed by atoms with E-state index < -0.39 is 0 Å². The van der Waals surface area contributed by atoms with E-state index in [4.69, 9.17) is 10.5 Å². The molecule has 2 aromatic carbocycles. The summed E-state index contributed by atoms with van der Waals surface area (Å²) in [5, 5.41) is 34.5. The number of rotatable bonds is 8. The minimum atomic E-state index is -0.198. The van der Waals surface area contributed by atoms with Crippen LogP contribution in [0.5, 0.6) is 0 Å². The molecule has 0 aliphatic heterocycles. The Labute approximate surface area is 248 Å². The molecule has 1 aliphatic rings. The Balaban J connectivity index is 1.29. The molecule has 4 rings (SSSR count). The van der Waals surface area contributed by atoms with Gasteiger partial charge in [0.05, 0.1) is 36.1 Å². The van der Waals surface area contributed by atoms with Gasteiger partial charge in [0.2, 0.25) is 16.9 Å². The summed E-state index contributed by atoms with van der Waals surface area (Å²) in [5.41, 5.74) is 2.59. The number of nitrogens with one attached hydrogen (secondary N) is 2. The number of anilines is 1. The number of benzene rings is 2. The first-order chi connectivity index (χ1) is 19.7. The molecule has 11 heteroatoms. The average molecular weight is 586 g/mol. The van der Waals surface area contributed by atoms with Gasteiger partial charge < -0.3 is 10.6 Å². The first-order valence-corrected chi connectivity index (χ1v) is 14.9. The van der Waals surface area contributed by atoms with E-state index in [1.165, 1.54) is 11.3 Å². The summed E-state index contributed by atoms with van der Waals surface area (Å²) in [6.45, 7) is 4.34. The monoisotopic (exact) mass is 585 g/mol. The van der Waals surface area contributed by atoms with Gasteiger partial charge in [-0.1, -0.05) is 47.4 Å². The van der Waals surface area contributed by atoms with E-state index in [1.807, 2.05) is 12.1 Å². The number of aliphatic imine (C=N–C) groups is 1. The Bertz CT molecular complexity index is 1530. The van der Waals surface area contributed by atoms with Crippen LogP contribution in [0.25, 0.3) is 0 Å². The highest BCUT2D eigenvalue weighted by atomic mass is 32.2. The number of thioether (sulfide) groups is 1. The van der Waals surface area contributed by atoms with E-state index >= 15 is 0 Å². The maximum atomic E-state index is 12.7. The van der Waals surface area contributed by atoms with E-state index in [9.17, 15) is 9.59 Å². The molecule has 9 nitrogen and oxygen atoms in total. The molecule has 2 atom stereocenters. The van der Waals surface area contributed by atoms with Crippen LogP contribution in [-0.4, -0.2) is 39.0 Å². The maximum Gasteiger partial charge on any atom is 0.230 e. The summed E-state index contributed by atoms with van der Waals surface area (Å²) in [4.78, 5) is 29.5. The lowest BCUT2D eigenvalue weighted by atomic mass is 9.92. The number of nitrogens with zero attached hydrogens (tertiary/aromatic N) is 5. The first-order valence-electron chi connectivity index (χ1n) is 13.3. The highest BCUT2D eigenvalue weighted by Gasteiger charge is 2.39. The van der Waals surface area contributed by atoms with E-state index in [0.29, 0.717) is 27.3 Å². The fourth-order valence-corrected chi connectivity index (χ4v) is 6.99. The Hall–Kier alpha value is -4.06. The second-order valence-corrected chi connectivity index (χ2v) is 13.1. The molecule has 210 valence electrons. The smallest absolute Gasteiger partial charge is 0.230 e. The van der Waals surface area contributed by atoms with Gasteiger partial charge >= 0.3 is 0 Å². The van der Waals surface area contributed by atoms with Crippen LogP contribution in [0.1, 0.15) is 66.3 Å². The zero-order chi connectivity index (χ0) is 29.4. The third kappa shape index (κ3) is 8.23. The van der Waals surface area contributed by atoms with Gasteiger partial charge in [-0.25, -0.2) is 0 Å². The van der Waals surface area contributed by atoms with Crippen molar-refractivity contribution >= 4 is 45.2 Å². The molecule has 0 radical (unpaired) electrons. The summed E-state index contributed by atoms with van der Waals surface area (Å²) in [5.74, 6) is 0.248. The van der Waals surface area contributed by atoms with E-state index in [2.05, 4.69) is 51.8 Å². The number of carbonyl (C=O) groups is 2. The number of amidine groups is 1. The average Bonchev–Trinajstić information content (AvgIpc) is 3.63. The summed E-state index contributed by atoms with van der Waals surface area (Å²) < 4.78 is -0.183. The van der Waals surface area contributed by atoms with Crippen molar-refractivity contribution in [2.45, 2.75) is 56.6 Å². The lowest BCUT2D eigenvalue weighted by Gasteiger charge is -2.31. The summed E-state index contributed by atoms with van der Waals surface area (Å²) in [7, 11) is 1.67. The molecule has 1 aliphatic carbocycles. The van der Waals surface area contributed by atoms with E-state index in [-0.39, 0.29) is 35.3 Å². The van der Waals surface area contributed by atoms with Crippen molar-refractivity contribution in [3.05, 3.63) is 75.8 Å². The molecular formula is C30H31N7O2S2. The molecule has 1 heterocycles. The molecule has 1 fully saturated rings. The van der Waals surface area contributed by atoms with Crippen LogP contribution in [0.2, 0.25) is 0 Å². The first kappa shape index (κ1) is 29.9. The van der Waals surface area contributed by atoms with Gasteiger partial charge in [-0.15, -0.1) is 10.2 Å². The van der Waals surface area contributed by atoms with Crippen LogP contribution in [0.4, 0.5) is 5.13 Å². The van der Waals surface area contributed by atoms with Crippen molar-refractivity contribution < 1.29 is 9.59 Å². The van der Waals surface area contributed by atoms with Gasteiger partial charge in [0.1, 0.15) is 5.01 Å². The number of nitriles is 2. The van der Waals surface area contributed by atoms with Gasteiger partial charge in [-0.2, -0.15) is 10.5 Å². The van der Waals surface area contributed by atoms with Crippen molar-refractivity contribution in [1.82, 2.24) is 15.5 Å². The van der Waals surface area contributed by atoms with Crippen LogP contribution in [0.15, 0.2) is 53.5 Å². The van der Waals surface area contributed by atoms with Crippen molar-refractivity contribution in [3.63, 3.8) is 0 Å². The molecule has 1 saturated carbocycles. The minimum Gasteiger partial charge on any atom is -0.305 e. The second kappa shape index (κ2) is 13.5. The Morgan fingerprint density at radius 3 is 2.27 bits per heavy atom.